The van der Waals surface area contributed by atoms with Crippen molar-refractivity contribution >= 4 is 5.91 Å². The van der Waals surface area contributed by atoms with E-state index in [1.807, 2.05) is 6.07 Å². The second-order valence-electron chi connectivity index (χ2n) is 6.82. The summed E-state index contributed by atoms with van der Waals surface area (Å²) in [7, 11) is 0. The summed E-state index contributed by atoms with van der Waals surface area (Å²) in [6, 6.07) is 13.7. The van der Waals surface area contributed by atoms with Crippen molar-refractivity contribution in [1.82, 2.24) is 10.6 Å². The topological polar surface area (TPSA) is 41.1 Å². The second kappa shape index (κ2) is 6.36. The first kappa shape index (κ1) is 15.3. The normalized spacial score (nSPS) is 23.0. The van der Waals surface area contributed by atoms with Gasteiger partial charge < -0.3 is 10.6 Å². The van der Waals surface area contributed by atoms with Gasteiger partial charge in [0.15, 0.2) is 0 Å². The Labute approximate surface area is 141 Å². The lowest BCUT2D eigenvalue weighted by atomic mass is 9.86. The van der Waals surface area contributed by atoms with E-state index in [1.165, 1.54) is 16.7 Å². The molecule has 0 spiro atoms. The van der Waals surface area contributed by atoms with Crippen LogP contribution in [0.15, 0.2) is 42.5 Å². The molecular formula is C20H21FN2O. The summed E-state index contributed by atoms with van der Waals surface area (Å²) in [6.45, 7) is 1.19. The molecule has 4 rings (SSSR count). The van der Waals surface area contributed by atoms with Crippen molar-refractivity contribution in [1.29, 1.82) is 0 Å². The SMILES string of the molecule is O=C1CNC[C@@H](CC2Cc3cc(F)ccc3Cc3ccccc32)N1. The zero-order valence-electron chi connectivity index (χ0n) is 13.5. The van der Waals surface area contributed by atoms with E-state index in [9.17, 15) is 9.18 Å². The summed E-state index contributed by atoms with van der Waals surface area (Å²) in [5, 5.41) is 6.24. The first-order chi connectivity index (χ1) is 11.7. The monoisotopic (exact) mass is 324 g/mol. The van der Waals surface area contributed by atoms with Crippen LogP contribution >= 0.6 is 0 Å². The summed E-state index contributed by atoms with van der Waals surface area (Å²) in [4.78, 5) is 11.6. The van der Waals surface area contributed by atoms with Gasteiger partial charge in [0.05, 0.1) is 6.54 Å². The van der Waals surface area contributed by atoms with Gasteiger partial charge in [0.2, 0.25) is 5.91 Å². The van der Waals surface area contributed by atoms with Crippen molar-refractivity contribution in [3.05, 3.63) is 70.5 Å². The maximum atomic E-state index is 13.7. The maximum absolute atomic E-state index is 13.7. The Morgan fingerprint density at radius 1 is 1.08 bits per heavy atom. The lowest BCUT2D eigenvalue weighted by Crippen LogP contribution is -2.52. The van der Waals surface area contributed by atoms with Crippen LogP contribution in [0.1, 0.15) is 34.6 Å². The van der Waals surface area contributed by atoms with Gasteiger partial charge in [-0.25, -0.2) is 4.39 Å². The van der Waals surface area contributed by atoms with E-state index in [2.05, 4.69) is 34.9 Å². The van der Waals surface area contributed by atoms with Gasteiger partial charge in [-0.1, -0.05) is 30.3 Å². The standard InChI is InChI=1S/C20H21FN2O/c21-17-6-5-13-7-14-3-1-2-4-19(14)16(8-15(13)9-17)10-18-11-22-12-20(24)23-18/h1-6,9,16,18,22H,7-8,10-12H2,(H,23,24)/t16?,18-/m1/s1. The molecule has 4 heteroatoms. The highest BCUT2D eigenvalue weighted by molar-refractivity contribution is 5.79. The third-order valence-electron chi connectivity index (χ3n) is 5.12. The number of nitrogens with one attached hydrogen (secondary N) is 2. The fraction of sp³-hybridized carbons (Fsp3) is 0.350. The van der Waals surface area contributed by atoms with Crippen LogP contribution in [0.3, 0.4) is 0 Å². The van der Waals surface area contributed by atoms with Crippen molar-refractivity contribution in [2.45, 2.75) is 31.2 Å². The predicted molar refractivity (Wildman–Crippen MR) is 91.5 cm³/mol. The molecule has 2 atom stereocenters. The number of halogens is 1. The average Bonchev–Trinajstić information content (AvgIpc) is 2.71. The number of hydrogen-bond acceptors (Lipinski definition) is 2. The molecule has 0 bridgehead atoms. The van der Waals surface area contributed by atoms with Crippen molar-refractivity contribution in [2.24, 2.45) is 0 Å². The third-order valence-corrected chi connectivity index (χ3v) is 5.12. The van der Waals surface area contributed by atoms with E-state index in [1.54, 1.807) is 12.1 Å². The Balaban J connectivity index is 1.67. The van der Waals surface area contributed by atoms with Crippen LogP contribution in [0.2, 0.25) is 0 Å². The third kappa shape index (κ3) is 3.06. The molecule has 1 fully saturated rings. The number of carbonyl (C=O) groups excluding carboxylic acids is 1. The smallest absolute Gasteiger partial charge is 0.234 e. The Bertz CT molecular complexity index is 774. The highest BCUT2D eigenvalue weighted by Gasteiger charge is 2.27. The van der Waals surface area contributed by atoms with Gasteiger partial charge >= 0.3 is 0 Å². The van der Waals surface area contributed by atoms with Crippen LogP contribution in [0.4, 0.5) is 4.39 Å². The first-order valence-electron chi connectivity index (χ1n) is 8.54. The van der Waals surface area contributed by atoms with Crippen molar-refractivity contribution in [3.8, 4) is 0 Å². The second-order valence-corrected chi connectivity index (χ2v) is 6.82. The molecule has 1 aliphatic heterocycles. The fourth-order valence-electron chi connectivity index (χ4n) is 4.02. The van der Waals surface area contributed by atoms with Crippen LogP contribution in [0, 0.1) is 5.82 Å². The zero-order chi connectivity index (χ0) is 16.5. The van der Waals surface area contributed by atoms with E-state index in [0.717, 1.165) is 31.4 Å². The first-order valence-corrected chi connectivity index (χ1v) is 8.54. The molecule has 124 valence electrons. The lowest BCUT2D eigenvalue weighted by Gasteiger charge is -2.28. The van der Waals surface area contributed by atoms with Gasteiger partial charge in [-0.3, -0.25) is 4.79 Å². The molecule has 1 saturated heterocycles. The zero-order valence-corrected chi connectivity index (χ0v) is 13.5. The van der Waals surface area contributed by atoms with Crippen molar-refractivity contribution < 1.29 is 9.18 Å². The summed E-state index contributed by atoms with van der Waals surface area (Å²) in [5.74, 6) is 0.167. The van der Waals surface area contributed by atoms with E-state index >= 15 is 0 Å². The molecule has 0 aromatic heterocycles. The Morgan fingerprint density at radius 3 is 2.83 bits per heavy atom. The maximum Gasteiger partial charge on any atom is 0.234 e. The fourth-order valence-corrected chi connectivity index (χ4v) is 4.02. The molecular weight excluding hydrogens is 303 g/mol. The molecule has 2 aliphatic rings. The quantitative estimate of drug-likeness (QED) is 0.891. The molecule has 1 unspecified atom stereocenters. The largest absolute Gasteiger partial charge is 0.351 e. The highest BCUT2D eigenvalue weighted by atomic mass is 19.1. The van der Waals surface area contributed by atoms with Gasteiger partial charge in [0, 0.05) is 12.6 Å². The van der Waals surface area contributed by atoms with Crippen molar-refractivity contribution in [2.75, 3.05) is 13.1 Å². The molecule has 3 nitrogen and oxygen atoms in total. The van der Waals surface area contributed by atoms with Crippen LogP contribution in [-0.2, 0) is 17.6 Å². The van der Waals surface area contributed by atoms with Gasteiger partial charge in [-0.2, -0.15) is 0 Å². The minimum absolute atomic E-state index is 0.0552. The molecule has 24 heavy (non-hydrogen) atoms. The van der Waals surface area contributed by atoms with Crippen molar-refractivity contribution in [3.63, 3.8) is 0 Å². The van der Waals surface area contributed by atoms with Crippen LogP contribution < -0.4 is 10.6 Å². The van der Waals surface area contributed by atoms with Gasteiger partial charge in [-0.15, -0.1) is 0 Å². The number of hydrogen-bond donors (Lipinski definition) is 2. The Hall–Kier alpha value is -2.20. The molecule has 2 aromatic carbocycles. The molecule has 1 heterocycles. The van der Waals surface area contributed by atoms with Gasteiger partial charge in [-0.05, 0) is 59.6 Å². The molecule has 2 aromatic rings. The molecule has 0 radical (unpaired) electrons. The number of rotatable bonds is 2. The highest BCUT2D eigenvalue weighted by Crippen LogP contribution is 2.35. The molecule has 1 aliphatic carbocycles. The van der Waals surface area contributed by atoms with Gasteiger partial charge in [0.1, 0.15) is 5.82 Å². The minimum Gasteiger partial charge on any atom is -0.351 e. The number of fused-ring (bicyclic) bond motifs is 2. The average molecular weight is 324 g/mol. The summed E-state index contributed by atoms with van der Waals surface area (Å²) >= 11 is 0. The molecule has 0 saturated carbocycles. The van der Waals surface area contributed by atoms with Crippen LogP contribution in [-0.4, -0.2) is 25.0 Å². The number of piperazine rings is 1. The number of carbonyl (C=O) groups is 1. The summed E-state index contributed by atoms with van der Waals surface area (Å²) in [5.41, 5.74) is 4.93. The summed E-state index contributed by atoms with van der Waals surface area (Å²) in [6.07, 6.45) is 2.53. The molecule has 2 N–H and O–H groups in total. The predicted octanol–water partition coefficient (Wildman–Crippen LogP) is 2.53. The minimum atomic E-state index is -0.175. The van der Waals surface area contributed by atoms with E-state index in [0.29, 0.717) is 6.54 Å². The van der Waals surface area contributed by atoms with E-state index in [-0.39, 0.29) is 23.7 Å². The summed E-state index contributed by atoms with van der Waals surface area (Å²) < 4.78 is 13.7. The Morgan fingerprint density at radius 2 is 1.96 bits per heavy atom. The number of amides is 1. The lowest BCUT2D eigenvalue weighted by molar-refractivity contribution is -0.122. The van der Waals surface area contributed by atoms with Crippen LogP contribution in [0.25, 0.3) is 0 Å². The van der Waals surface area contributed by atoms with E-state index < -0.39 is 0 Å². The Kier molecular flexibility index (Phi) is 4.07. The van der Waals surface area contributed by atoms with Gasteiger partial charge in [0.25, 0.3) is 0 Å². The van der Waals surface area contributed by atoms with Crippen LogP contribution in [0.5, 0.6) is 0 Å². The number of benzene rings is 2. The molecule has 1 amide bonds. The van der Waals surface area contributed by atoms with E-state index in [4.69, 9.17) is 0 Å².